The summed E-state index contributed by atoms with van der Waals surface area (Å²) in [5, 5.41) is 11.0. The number of imidazole rings is 1. The van der Waals surface area contributed by atoms with Gasteiger partial charge in [0.25, 0.3) is 11.6 Å². The van der Waals surface area contributed by atoms with E-state index in [0.29, 0.717) is 12.1 Å². The fourth-order valence-corrected chi connectivity index (χ4v) is 5.08. The summed E-state index contributed by atoms with van der Waals surface area (Å²) in [5.41, 5.74) is 1.22. The van der Waals surface area contributed by atoms with E-state index in [-0.39, 0.29) is 42.7 Å². The summed E-state index contributed by atoms with van der Waals surface area (Å²) >= 11 is 0. The monoisotopic (exact) mass is 455 g/mol. The van der Waals surface area contributed by atoms with Crippen molar-refractivity contribution in [1.82, 2.24) is 18.8 Å². The van der Waals surface area contributed by atoms with E-state index in [9.17, 15) is 23.3 Å². The molecule has 0 bridgehead atoms. The van der Waals surface area contributed by atoms with Crippen LogP contribution in [0.1, 0.15) is 15.9 Å². The number of nitro groups is 1. The molecule has 2 heterocycles. The molecule has 1 amide bonds. The fraction of sp³-hybridized carbons (Fsp3) is 0.238. The average Bonchev–Trinajstić information content (AvgIpc) is 3.32. The first-order valence-electron chi connectivity index (χ1n) is 9.93. The predicted octanol–water partition coefficient (Wildman–Crippen LogP) is 1.99. The summed E-state index contributed by atoms with van der Waals surface area (Å²) < 4.78 is 29.0. The maximum absolute atomic E-state index is 13.0. The predicted molar refractivity (Wildman–Crippen MR) is 116 cm³/mol. The minimum Gasteiger partial charge on any atom is -0.336 e. The molecule has 0 unspecified atom stereocenters. The lowest BCUT2D eigenvalue weighted by molar-refractivity contribution is -0.385. The van der Waals surface area contributed by atoms with Crippen LogP contribution in [0, 0.1) is 10.1 Å². The Hall–Kier alpha value is -3.57. The van der Waals surface area contributed by atoms with Crippen molar-refractivity contribution in [2.45, 2.75) is 11.4 Å². The number of nitrogens with zero attached hydrogens (tertiary/aromatic N) is 5. The van der Waals surface area contributed by atoms with E-state index in [2.05, 4.69) is 4.98 Å². The Kier molecular flexibility index (Phi) is 6.01. The standard InChI is InChI=1S/C21H21N5O5S/c27-21(18-4-1-3-17(13-18)15-23-8-7-22-16-23)24-9-11-25(12-10-24)32(30,31)20-6-2-5-19(14-20)26(28)29/h1-8,13-14,16H,9-12,15H2. The molecule has 32 heavy (non-hydrogen) atoms. The SMILES string of the molecule is O=C(c1cccc(Cn2ccnc2)c1)N1CCN(S(=O)(=O)c2cccc([N+](=O)[O-])c2)CC1. The van der Waals surface area contributed by atoms with E-state index in [0.717, 1.165) is 11.6 Å². The number of non-ortho nitro benzene ring substituents is 1. The highest BCUT2D eigenvalue weighted by Crippen LogP contribution is 2.22. The highest BCUT2D eigenvalue weighted by molar-refractivity contribution is 7.89. The van der Waals surface area contributed by atoms with E-state index in [1.807, 2.05) is 29.0 Å². The van der Waals surface area contributed by atoms with Crippen molar-refractivity contribution in [3.05, 3.63) is 88.5 Å². The van der Waals surface area contributed by atoms with Crippen LogP contribution >= 0.6 is 0 Å². The van der Waals surface area contributed by atoms with Crippen molar-refractivity contribution in [2.75, 3.05) is 26.2 Å². The molecule has 1 aromatic heterocycles. The quantitative estimate of drug-likeness (QED) is 0.414. The first-order chi connectivity index (χ1) is 15.3. The second kappa shape index (κ2) is 8.89. The van der Waals surface area contributed by atoms with Crippen molar-refractivity contribution in [3.8, 4) is 0 Å². The summed E-state index contributed by atoms with van der Waals surface area (Å²) in [6.45, 7) is 1.30. The Balaban J connectivity index is 1.43. The van der Waals surface area contributed by atoms with Crippen molar-refractivity contribution >= 4 is 21.6 Å². The smallest absolute Gasteiger partial charge is 0.270 e. The van der Waals surface area contributed by atoms with Gasteiger partial charge in [-0.3, -0.25) is 14.9 Å². The van der Waals surface area contributed by atoms with Gasteiger partial charge in [0.2, 0.25) is 10.0 Å². The third-order valence-corrected chi connectivity index (χ3v) is 7.18. The molecular formula is C21H21N5O5S. The molecule has 1 aliphatic heterocycles. The maximum atomic E-state index is 13.0. The number of sulfonamides is 1. The largest absolute Gasteiger partial charge is 0.336 e. The topological polar surface area (TPSA) is 119 Å². The molecule has 3 aromatic rings. The molecule has 11 heteroatoms. The summed E-state index contributed by atoms with van der Waals surface area (Å²) in [6.07, 6.45) is 5.24. The molecule has 1 saturated heterocycles. The second-order valence-corrected chi connectivity index (χ2v) is 9.32. The van der Waals surface area contributed by atoms with Gasteiger partial charge in [-0.05, 0) is 23.8 Å². The molecule has 0 radical (unpaired) electrons. The van der Waals surface area contributed by atoms with Crippen LogP contribution in [-0.4, -0.2) is 64.2 Å². The minimum atomic E-state index is -3.89. The summed E-state index contributed by atoms with van der Waals surface area (Å²) in [5.74, 6) is -0.162. The zero-order valence-corrected chi connectivity index (χ0v) is 17.9. The zero-order valence-electron chi connectivity index (χ0n) is 17.1. The van der Waals surface area contributed by atoms with E-state index < -0.39 is 14.9 Å². The number of aromatic nitrogens is 2. The Morgan fingerprint density at radius 2 is 1.81 bits per heavy atom. The number of amides is 1. The highest BCUT2D eigenvalue weighted by atomic mass is 32.2. The zero-order chi connectivity index (χ0) is 22.7. The second-order valence-electron chi connectivity index (χ2n) is 7.39. The highest BCUT2D eigenvalue weighted by Gasteiger charge is 2.31. The van der Waals surface area contributed by atoms with Crippen LogP contribution < -0.4 is 0 Å². The molecule has 0 N–H and O–H groups in total. The molecule has 10 nitrogen and oxygen atoms in total. The van der Waals surface area contributed by atoms with Gasteiger partial charge in [-0.25, -0.2) is 13.4 Å². The third-order valence-electron chi connectivity index (χ3n) is 5.29. The number of rotatable bonds is 6. The van der Waals surface area contributed by atoms with Gasteiger partial charge in [-0.2, -0.15) is 4.31 Å². The van der Waals surface area contributed by atoms with Gasteiger partial charge in [0.1, 0.15) is 0 Å². The van der Waals surface area contributed by atoms with Gasteiger partial charge in [0.05, 0.1) is 16.1 Å². The Labute approximate surface area is 184 Å². The molecule has 1 fully saturated rings. The van der Waals surface area contributed by atoms with E-state index in [1.54, 1.807) is 23.5 Å². The number of benzene rings is 2. The number of piperazine rings is 1. The normalized spacial score (nSPS) is 14.9. The van der Waals surface area contributed by atoms with Gasteiger partial charge >= 0.3 is 0 Å². The van der Waals surface area contributed by atoms with Crippen LogP contribution in [0.4, 0.5) is 5.69 Å². The molecule has 0 aliphatic carbocycles. The molecule has 2 aromatic carbocycles. The molecule has 0 spiro atoms. The van der Waals surface area contributed by atoms with Crippen LogP contribution in [0.3, 0.4) is 0 Å². The number of nitro benzene ring substituents is 1. The number of carbonyl (C=O) groups is 1. The number of hydrogen-bond acceptors (Lipinski definition) is 6. The van der Waals surface area contributed by atoms with Crippen molar-refractivity contribution in [3.63, 3.8) is 0 Å². The Bertz CT molecular complexity index is 1230. The minimum absolute atomic E-state index is 0.117. The summed E-state index contributed by atoms with van der Waals surface area (Å²) in [4.78, 5) is 28.8. The van der Waals surface area contributed by atoms with Crippen LogP contribution in [-0.2, 0) is 16.6 Å². The first kappa shape index (κ1) is 21.7. The van der Waals surface area contributed by atoms with Crippen molar-refractivity contribution in [2.24, 2.45) is 0 Å². The van der Waals surface area contributed by atoms with Crippen LogP contribution in [0.5, 0.6) is 0 Å². The number of carbonyl (C=O) groups excluding carboxylic acids is 1. The lowest BCUT2D eigenvalue weighted by Gasteiger charge is -2.34. The van der Waals surface area contributed by atoms with E-state index >= 15 is 0 Å². The van der Waals surface area contributed by atoms with Gasteiger partial charge in [0.15, 0.2) is 0 Å². The van der Waals surface area contributed by atoms with Crippen LogP contribution in [0.2, 0.25) is 0 Å². The molecule has 166 valence electrons. The average molecular weight is 455 g/mol. The molecule has 4 rings (SSSR count). The van der Waals surface area contributed by atoms with E-state index in [4.69, 9.17) is 0 Å². The number of hydrogen-bond donors (Lipinski definition) is 0. The van der Waals surface area contributed by atoms with Crippen molar-refractivity contribution < 1.29 is 18.1 Å². The summed E-state index contributed by atoms with van der Waals surface area (Å²) in [6, 6.07) is 12.3. The molecule has 1 aliphatic rings. The molecule has 0 saturated carbocycles. The molecular weight excluding hydrogens is 434 g/mol. The Morgan fingerprint density at radius 3 is 2.50 bits per heavy atom. The molecule has 0 atom stereocenters. The van der Waals surface area contributed by atoms with Crippen LogP contribution in [0.15, 0.2) is 72.1 Å². The van der Waals surface area contributed by atoms with E-state index in [1.165, 1.54) is 22.5 Å². The fourth-order valence-electron chi connectivity index (χ4n) is 3.61. The van der Waals surface area contributed by atoms with Gasteiger partial charge in [0, 0.05) is 62.8 Å². The van der Waals surface area contributed by atoms with Crippen molar-refractivity contribution in [1.29, 1.82) is 0 Å². The lowest BCUT2D eigenvalue weighted by Crippen LogP contribution is -2.50. The Morgan fingerprint density at radius 1 is 1.06 bits per heavy atom. The third kappa shape index (κ3) is 4.53. The first-order valence-corrected chi connectivity index (χ1v) is 11.4. The van der Waals surface area contributed by atoms with Gasteiger partial charge in [-0.15, -0.1) is 0 Å². The van der Waals surface area contributed by atoms with Gasteiger partial charge < -0.3 is 9.47 Å². The van der Waals surface area contributed by atoms with Gasteiger partial charge in [-0.1, -0.05) is 18.2 Å². The van der Waals surface area contributed by atoms with Crippen LogP contribution in [0.25, 0.3) is 0 Å². The summed E-state index contributed by atoms with van der Waals surface area (Å²) in [7, 11) is -3.89. The maximum Gasteiger partial charge on any atom is 0.270 e. The lowest BCUT2D eigenvalue weighted by atomic mass is 10.1.